The Morgan fingerprint density at radius 2 is 1.68 bits per heavy atom. The van der Waals surface area contributed by atoms with Crippen LogP contribution < -0.4 is 5.32 Å². The summed E-state index contributed by atoms with van der Waals surface area (Å²) in [5.74, 6) is 0.600. The molecule has 1 aromatic rings. The molecule has 0 spiro atoms. The molecule has 0 heterocycles. The Balaban J connectivity index is 1.71. The zero-order chi connectivity index (χ0) is 18.2. The Morgan fingerprint density at radius 1 is 1.08 bits per heavy atom. The normalized spacial score (nSPS) is 24.4. The Kier molecular flexibility index (Phi) is 8.06. The van der Waals surface area contributed by atoms with Crippen molar-refractivity contribution in [2.45, 2.75) is 50.3 Å². The number of hydrogen-bond donors (Lipinski definition) is 2. The minimum absolute atomic E-state index is 0.600. The predicted molar refractivity (Wildman–Crippen MR) is 101 cm³/mol. The van der Waals surface area contributed by atoms with E-state index in [1.54, 1.807) is 21.3 Å². The maximum Gasteiger partial charge on any atom is 0.500 e. The number of aliphatic hydroxyl groups is 1. The monoisotopic (exact) mass is 367 g/mol. The van der Waals surface area contributed by atoms with E-state index in [4.69, 9.17) is 13.3 Å². The first kappa shape index (κ1) is 20.5. The lowest BCUT2D eigenvalue weighted by molar-refractivity contribution is -0.0394. The van der Waals surface area contributed by atoms with Crippen molar-refractivity contribution in [1.82, 2.24) is 5.32 Å². The molecule has 5 nitrogen and oxygen atoms in total. The third kappa shape index (κ3) is 6.16. The van der Waals surface area contributed by atoms with Crippen LogP contribution in [0.2, 0.25) is 6.04 Å². The average Bonchev–Trinajstić information content (AvgIpc) is 2.66. The summed E-state index contributed by atoms with van der Waals surface area (Å²) >= 11 is 0. The van der Waals surface area contributed by atoms with Crippen LogP contribution in [0.1, 0.15) is 37.7 Å². The summed E-state index contributed by atoms with van der Waals surface area (Å²) in [6.07, 6.45) is 5.62. The van der Waals surface area contributed by atoms with E-state index in [-0.39, 0.29) is 0 Å². The quantitative estimate of drug-likeness (QED) is 0.492. The third-order valence-electron chi connectivity index (χ3n) is 5.43. The molecule has 0 atom stereocenters. The molecule has 1 aliphatic rings. The highest BCUT2D eigenvalue weighted by molar-refractivity contribution is 6.60. The van der Waals surface area contributed by atoms with Gasteiger partial charge in [0.1, 0.15) is 5.72 Å². The lowest BCUT2D eigenvalue weighted by Crippen LogP contribution is -2.49. The van der Waals surface area contributed by atoms with Crippen molar-refractivity contribution in [2.24, 2.45) is 5.92 Å². The summed E-state index contributed by atoms with van der Waals surface area (Å²) < 4.78 is 16.5. The molecular weight excluding hydrogens is 334 g/mol. The van der Waals surface area contributed by atoms with Gasteiger partial charge in [-0.3, -0.25) is 5.32 Å². The molecule has 25 heavy (non-hydrogen) atoms. The molecule has 0 aliphatic heterocycles. The zero-order valence-electron chi connectivity index (χ0n) is 15.8. The van der Waals surface area contributed by atoms with Gasteiger partial charge in [-0.05, 0) is 50.0 Å². The summed E-state index contributed by atoms with van der Waals surface area (Å²) in [5, 5.41) is 14.1. The van der Waals surface area contributed by atoms with Gasteiger partial charge in [-0.15, -0.1) is 0 Å². The smallest absolute Gasteiger partial charge is 0.377 e. The number of hydrogen-bond acceptors (Lipinski definition) is 5. The van der Waals surface area contributed by atoms with Crippen LogP contribution in [-0.4, -0.2) is 47.5 Å². The maximum absolute atomic E-state index is 10.8. The molecule has 1 fully saturated rings. The molecule has 0 aromatic heterocycles. The van der Waals surface area contributed by atoms with Gasteiger partial charge < -0.3 is 18.4 Å². The fraction of sp³-hybridized carbons (Fsp3) is 0.684. The average molecular weight is 368 g/mol. The number of benzene rings is 1. The van der Waals surface area contributed by atoms with Crippen LogP contribution in [0, 0.1) is 5.92 Å². The Labute approximate surface area is 153 Å². The van der Waals surface area contributed by atoms with E-state index < -0.39 is 14.5 Å². The highest BCUT2D eigenvalue weighted by Crippen LogP contribution is 2.34. The van der Waals surface area contributed by atoms with Crippen molar-refractivity contribution in [1.29, 1.82) is 0 Å². The van der Waals surface area contributed by atoms with Crippen molar-refractivity contribution < 1.29 is 18.4 Å². The summed E-state index contributed by atoms with van der Waals surface area (Å²) in [6.45, 7) is 0.804. The van der Waals surface area contributed by atoms with Gasteiger partial charge in [0.25, 0.3) is 0 Å². The minimum atomic E-state index is -2.47. The molecule has 0 amide bonds. The van der Waals surface area contributed by atoms with Crippen LogP contribution in [0.15, 0.2) is 30.3 Å². The van der Waals surface area contributed by atoms with Crippen LogP contribution in [0.25, 0.3) is 0 Å². The Hall–Kier alpha value is -0.763. The highest BCUT2D eigenvalue weighted by Gasteiger charge is 2.39. The molecule has 1 aromatic carbocycles. The van der Waals surface area contributed by atoms with E-state index >= 15 is 0 Å². The lowest BCUT2D eigenvalue weighted by Gasteiger charge is -2.37. The zero-order valence-corrected chi connectivity index (χ0v) is 16.8. The summed E-state index contributed by atoms with van der Waals surface area (Å²) in [7, 11) is 2.51. The predicted octanol–water partition coefficient (Wildman–Crippen LogP) is 2.97. The minimum Gasteiger partial charge on any atom is -0.377 e. The molecular formula is C19H33NO4Si. The van der Waals surface area contributed by atoms with E-state index in [0.717, 1.165) is 51.1 Å². The lowest BCUT2D eigenvalue weighted by atomic mass is 9.82. The van der Waals surface area contributed by atoms with Crippen LogP contribution in [0.3, 0.4) is 0 Å². The number of nitrogens with one attached hydrogen (secondary N) is 1. The highest BCUT2D eigenvalue weighted by atomic mass is 28.4. The molecule has 0 saturated heterocycles. The molecule has 2 rings (SSSR count). The molecule has 0 bridgehead atoms. The molecule has 1 aliphatic carbocycles. The van der Waals surface area contributed by atoms with Crippen LogP contribution in [-0.2, 0) is 19.7 Å². The second kappa shape index (κ2) is 9.80. The van der Waals surface area contributed by atoms with Gasteiger partial charge in [0.2, 0.25) is 0 Å². The third-order valence-corrected chi connectivity index (χ3v) is 8.20. The van der Waals surface area contributed by atoms with E-state index in [1.165, 1.54) is 5.56 Å². The van der Waals surface area contributed by atoms with Gasteiger partial charge in [-0.1, -0.05) is 30.3 Å². The fourth-order valence-electron chi connectivity index (χ4n) is 3.64. The molecule has 142 valence electrons. The van der Waals surface area contributed by atoms with Crippen molar-refractivity contribution in [3.05, 3.63) is 35.9 Å². The van der Waals surface area contributed by atoms with E-state index in [0.29, 0.717) is 5.92 Å². The second-order valence-corrected chi connectivity index (χ2v) is 10.1. The largest absolute Gasteiger partial charge is 0.500 e. The second-order valence-electron chi connectivity index (χ2n) is 6.97. The number of rotatable bonds is 10. The molecule has 0 radical (unpaired) electrons. The van der Waals surface area contributed by atoms with E-state index in [1.807, 2.05) is 6.07 Å². The first-order chi connectivity index (χ1) is 12.0. The SMILES string of the molecule is CO[Si](CCC1CCC(O)(NCCc2ccccc2)CC1)(OC)OC. The first-order valence-electron chi connectivity index (χ1n) is 9.21. The maximum atomic E-state index is 10.8. The molecule has 1 saturated carbocycles. The first-order valence-corrected chi connectivity index (χ1v) is 11.1. The van der Waals surface area contributed by atoms with E-state index in [9.17, 15) is 5.11 Å². The van der Waals surface area contributed by atoms with Crippen LogP contribution >= 0.6 is 0 Å². The summed E-state index contributed by atoms with van der Waals surface area (Å²) in [4.78, 5) is 0. The van der Waals surface area contributed by atoms with Crippen molar-refractivity contribution in [3.63, 3.8) is 0 Å². The van der Waals surface area contributed by atoms with Gasteiger partial charge in [0.05, 0.1) is 0 Å². The molecule has 2 N–H and O–H groups in total. The van der Waals surface area contributed by atoms with Crippen molar-refractivity contribution in [3.8, 4) is 0 Å². The summed E-state index contributed by atoms with van der Waals surface area (Å²) in [5.41, 5.74) is 0.580. The topological polar surface area (TPSA) is 60.0 Å². The van der Waals surface area contributed by atoms with Gasteiger partial charge >= 0.3 is 8.80 Å². The fourth-order valence-corrected chi connectivity index (χ4v) is 5.52. The standard InChI is InChI=1S/C19H33NO4Si/c1-22-25(23-2,24-3)16-12-18-9-13-19(21,14-10-18)20-15-11-17-7-5-4-6-8-17/h4-8,18,20-21H,9-16H2,1-3H3. The van der Waals surface area contributed by atoms with Crippen molar-refractivity contribution in [2.75, 3.05) is 27.9 Å². The van der Waals surface area contributed by atoms with Crippen LogP contribution in [0.4, 0.5) is 0 Å². The molecule has 0 unspecified atom stereocenters. The summed E-state index contributed by atoms with van der Waals surface area (Å²) in [6, 6.07) is 11.2. The van der Waals surface area contributed by atoms with Gasteiger partial charge in [0.15, 0.2) is 0 Å². The Bertz CT molecular complexity index is 479. The van der Waals surface area contributed by atoms with E-state index in [2.05, 4.69) is 29.6 Å². The van der Waals surface area contributed by atoms with Crippen molar-refractivity contribution >= 4 is 8.80 Å². The van der Waals surface area contributed by atoms with Gasteiger partial charge in [0, 0.05) is 33.9 Å². The Morgan fingerprint density at radius 3 is 2.24 bits per heavy atom. The van der Waals surface area contributed by atoms with Crippen LogP contribution in [0.5, 0.6) is 0 Å². The van der Waals surface area contributed by atoms with Gasteiger partial charge in [-0.2, -0.15) is 0 Å². The molecule has 6 heteroatoms. The van der Waals surface area contributed by atoms with Gasteiger partial charge in [-0.25, -0.2) is 0 Å².